The van der Waals surface area contributed by atoms with E-state index < -0.39 is 11.5 Å². The lowest BCUT2D eigenvalue weighted by Gasteiger charge is -2.18. The van der Waals surface area contributed by atoms with Gasteiger partial charge in [-0.2, -0.15) is 0 Å². The third kappa shape index (κ3) is 4.13. The molecule has 0 spiro atoms. The van der Waals surface area contributed by atoms with Crippen molar-refractivity contribution in [3.8, 4) is 11.4 Å². The summed E-state index contributed by atoms with van der Waals surface area (Å²) in [6.45, 7) is 0. The van der Waals surface area contributed by atoms with E-state index >= 15 is 0 Å². The van der Waals surface area contributed by atoms with Crippen molar-refractivity contribution in [2.75, 3.05) is 5.32 Å². The van der Waals surface area contributed by atoms with Gasteiger partial charge < -0.3 is 4.98 Å². The van der Waals surface area contributed by atoms with Gasteiger partial charge in [0.1, 0.15) is 16.4 Å². The largest absolute Gasteiger partial charge is 0.306 e. The second kappa shape index (κ2) is 8.20. The molecular weight excluding hydrogens is 398 g/mol. The Morgan fingerprint density at radius 2 is 1.89 bits per heavy atom. The number of nitrogens with one attached hydrogen (secondary N) is 2. The molecule has 1 aliphatic rings. The van der Waals surface area contributed by atoms with E-state index in [1.807, 2.05) is 0 Å². The number of halogens is 1. The zero-order valence-electron chi connectivity index (χ0n) is 14.9. The summed E-state index contributed by atoms with van der Waals surface area (Å²) in [4.78, 5) is 31.6. The lowest BCUT2D eigenvalue weighted by Crippen LogP contribution is -2.24. The molecule has 0 bridgehead atoms. The van der Waals surface area contributed by atoms with Crippen molar-refractivity contribution in [2.24, 2.45) is 0 Å². The Labute approximate surface area is 170 Å². The molecule has 2 aromatic heterocycles. The second-order valence-corrected chi connectivity index (χ2v) is 8.16. The monoisotopic (exact) mass is 415 g/mol. The Morgan fingerprint density at radius 1 is 1.14 bits per heavy atom. The first-order valence-electron chi connectivity index (χ1n) is 9.10. The van der Waals surface area contributed by atoms with E-state index in [1.54, 1.807) is 24.3 Å². The molecule has 0 radical (unpaired) electrons. The molecule has 1 aromatic carbocycles. The number of anilines is 1. The van der Waals surface area contributed by atoms with Crippen LogP contribution >= 0.6 is 22.9 Å². The summed E-state index contributed by atoms with van der Waals surface area (Å²) in [5, 5.41) is 12.8. The fourth-order valence-corrected chi connectivity index (χ4v) is 4.31. The second-order valence-electron chi connectivity index (χ2n) is 6.72. The van der Waals surface area contributed by atoms with Crippen molar-refractivity contribution >= 4 is 34.0 Å². The van der Waals surface area contributed by atoms with Gasteiger partial charge in [0, 0.05) is 22.7 Å². The first kappa shape index (κ1) is 18.8. The number of rotatable bonds is 4. The Bertz CT molecular complexity index is 1040. The van der Waals surface area contributed by atoms with Gasteiger partial charge in [-0.1, -0.05) is 42.2 Å². The van der Waals surface area contributed by atoms with Crippen molar-refractivity contribution < 1.29 is 4.79 Å². The molecular formula is C19H18ClN5O2S. The van der Waals surface area contributed by atoms with Crippen LogP contribution < -0.4 is 10.9 Å². The number of nitrogens with zero attached hydrogens (tertiary/aromatic N) is 3. The summed E-state index contributed by atoms with van der Waals surface area (Å²) in [7, 11) is 0. The Kier molecular flexibility index (Phi) is 5.50. The maximum absolute atomic E-state index is 12.5. The van der Waals surface area contributed by atoms with Crippen LogP contribution in [0.15, 0.2) is 35.3 Å². The van der Waals surface area contributed by atoms with Crippen LogP contribution in [0.5, 0.6) is 0 Å². The molecule has 3 aromatic rings. The number of H-pyrrole nitrogens is 1. The Morgan fingerprint density at radius 3 is 2.61 bits per heavy atom. The molecule has 144 valence electrons. The minimum atomic E-state index is -0.553. The molecule has 2 N–H and O–H groups in total. The highest BCUT2D eigenvalue weighted by atomic mass is 35.5. The molecule has 0 aliphatic heterocycles. The van der Waals surface area contributed by atoms with Crippen LogP contribution in [-0.4, -0.2) is 26.1 Å². The molecule has 1 saturated carbocycles. The molecule has 4 rings (SSSR count). The highest BCUT2D eigenvalue weighted by Gasteiger charge is 2.21. The topological polar surface area (TPSA) is 101 Å². The predicted molar refractivity (Wildman–Crippen MR) is 109 cm³/mol. The van der Waals surface area contributed by atoms with Crippen LogP contribution in [0.3, 0.4) is 0 Å². The van der Waals surface area contributed by atoms with Gasteiger partial charge in [0.05, 0.1) is 0 Å². The van der Waals surface area contributed by atoms with E-state index in [1.165, 1.54) is 36.8 Å². The summed E-state index contributed by atoms with van der Waals surface area (Å²) in [5.41, 5.74) is 0.108. The fourth-order valence-electron chi connectivity index (χ4n) is 3.28. The third-order valence-electron chi connectivity index (χ3n) is 4.78. The zero-order chi connectivity index (χ0) is 19.5. The summed E-state index contributed by atoms with van der Waals surface area (Å²) in [6.07, 6.45) is 7.15. The Balaban J connectivity index is 1.48. The van der Waals surface area contributed by atoms with Crippen molar-refractivity contribution in [3.63, 3.8) is 0 Å². The molecule has 1 amide bonds. The van der Waals surface area contributed by atoms with Gasteiger partial charge in [0.15, 0.2) is 0 Å². The fraction of sp³-hybridized carbons (Fsp3) is 0.316. The molecule has 2 heterocycles. The standard InChI is InChI=1S/C19H18ClN5O2S/c20-13-8-6-11(7-9-13)15-21-10-14(16(26)22-15)17(27)23-19-25-24-18(28-19)12-4-2-1-3-5-12/h6-10,12H,1-5H2,(H,21,22,26)(H,23,25,27). The molecule has 1 aliphatic carbocycles. The number of carbonyl (C=O) groups excluding carboxylic acids is 1. The molecule has 7 nitrogen and oxygen atoms in total. The number of aromatic nitrogens is 4. The molecule has 0 saturated heterocycles. The number of benzene rings is 1. The van der Waals surface area contributed by atoms with Crippen molar-refractivity contribution in [2.45, 2.75) is 38.0 Å². The average Bonchev–Trinajstić information content (AvgIpc) is 3.17. The number of aromatic amines is 1. The van der Waals surface area contributed by atoms with Gasteiger partial charge in [-0.25, -0.2) is 4.98 Å². The van der Waals surface area contributed by atoms with E-state index in [0.717, 1.165) is 17.8 Å². The lowest BCUT2D eigenvalue weighted by molar-refractivity contribution is 0.102. The molecule has 28 heavy (non-hydrogen) atoms. The molecule has 0 unspecified atom stereocenters. The van der Waals surface area contributed by atoms with Crippen LogP contribution in [0.4, 0.5) is 5.13 Å². The highest BCUT2D eigenvalue weighted by Crippen LogP contribution is 2.35. The van der Waals surface area contributed by atoms with Crippen LogP contribution in [0.1, 0.15) is 53.4 Å². The van der Waals surface area contributed by atoms with E-state index in [4.69, 9.17) is 11.6 Å². The minimum absolute atomic E-state index is 0.0767. The summed E-state index contributed by atoms with van der Waals surface area (Å²) in [5.74, 6) is 0.233. The highest BCUT2D eigenvalue weighted by molar-refractivity contribution is 7.15. The van der Waals surface area contributed by atoms with E-state index in [9.17, 15) is 9.59 Å². The average molecular weight is 416 g/mol. The van der Waals surface area contributed by atoms with Crippen molar-refractivity contribution in [1.82, 2.24) is 20.2 Å². The quantitative estimate of drug-likeness (QED) is 0.663. The number of hydrogen-bond donors (Lipinski definition) is 2. The molecule has 9 heteroatoms. The maximum atomic E-state index is 12.5. The SMILES string of the molecule is O=C(Nc1nnc(C2CCCCC2)s1)c1cnc(-c2ccc(Cl)cc2)[nH]c1=O. The number of hydrogen-bond acceptors (Lipinski definition) is 6. The van der Waals surface area contributed by atoms with Crippen molar-refractivity contribution in [1.29, 1.82) is 0 Å². The summed E-state index contributed by atoms with van der Waals surface area (Å²) in [6, 6.07) is 6.90. The summed E-state index contributed by atoms with van der Waals surface area (Å²) >= 11 is 7.24. The van der Waals surface area contributed by atoms with Gasteiger partial charge in [-0.05, 0) is 37.1 Å². The summed E-state index contributed by atoms with van der Waals surface area (Å²) < 4.78 is 0. The van der Waals surface area contributed by atoms with Gasteiger partial charge in [-0.15, -0.1) is 10.2 Å². The predicted octanol–water partition coefficient (Wildman–Crippen LogP) is 4.24. The van der Waals surface area contributed by atoms with Crippen molar-refractivity contribution in [3.05, 3.63) is 56.4 Å². The van der Waals surface area contributed by atoms with E-state index in [-0.39, 0.29) is 5.56 Å². The van der Waals surface area contributed by atoms with Gasteiger partial charge in [0.2, 0.25) is 5.13 Å². The lowest BCUT2D eigenvalue weighted by atomic mass is 9.90. The third-order valence-corrected chi connectivity index (χ3v) is 6.03. The van der Waals surface area contributed by atoms with Gasteiger partial charge in [-0.3, -0.25) is 14.9 Å². The maximum Gasteiger partial charge on any atom is 0.264 e. The van der Waals surface area contributed by atoms with Crippen LogP contribution in [0.2, 0.25) is 5.02 Å². The van der Waals surface area contributed by atoms with Crippen LogP contribution in [0, 0.1) is 0 Å². The minimum Gasteiger partial charge on any atom is -0.306 e. The zero-order valence-corrected chi connectivity index (χ0v) is 16.5. The molecule has 0 atom stereocenters. The van der Waals surface area contributed by atoms with Crippen LogP contribution in [-0.2, 0) is 0 Å². The van der Waals surface area contributed by atoms with E-state index in [2.05, 4.69) is 25.5 Å². The first-order valence-corrected chi connectivity index (χ1v) is 10.3. The van der Waals surface area contributed by atoms with Gasteiger partial charge >= 0.3 is 0 Å². The normalized spacial score (nSPS) is 14.8. The number of amides is 1. The Hall–Kier alpha value is -2.58. The van der Waals surface area contributed by atoms with Crippen LogP contribution in [0.25, 0.3) is 11.4 Å². The smallest absolute Gasteiger partial charge is 0.264 e. The first-order chi connectivity index (χ1) is 13.6. The van der Waals surface area contributed by atoms with E-state index in [0.29, 0.717) is 27.5 Å². The molecule has 1 fully saturated rings. The number of carbonyl (C=O) groups is 1. The van der Waals surface area contributed by atoms with Gasteiger partial charge in [0.25, 0.3) is 11.5 Å².